The molecule has 0 saturated heterocycles. The smallest absolute Gasteiger partial charge is 0.324 e. The normalized spacial score (nSPS) is 19.7. The summed E-state index contributed by atoms with van der Waals surface area (Å²) < 4.78 is 28.1. The minimum atomic E-state index is -1.63. The summed E-state index contributed by atoms with van der Waals surface area (Å²) in [5.74, 6) is -3.06. The zero-order valence-electron chi connectivity index (χ0n) is 15.0. The third kappa shape index (κ3) is 4.14. The summed E-state index contributed by atoms with van der Waals surface area (Å²) in [6.07, 6.45) is -0.123. The maximum atomic E-state index is 13.1. The highest BCUT2D eigenvalue weighted by Gasteiger charge is 2.77. The van der Waals surface area contributed by atoms with Crippen molar-refractivity contribution in [2.45, 2.75) is 18.6 Å². The molecule has 9 heteroatoms. The molecule has 0 radical (unpaired) electrons. The number of methoxy groups -OCH3 is 2. The molecular formula is C18H19FO6S2. The Morgan fingerprint density at radius 3 is 2.19 bits per heavy atom. The van der Waals surface area contributed by atoms with E-state index in [1.807, 2.05) is 0 Å². The molecule has 0 unspecified atom stereocenters. The molecule has 6 nitrogen and oxygen atoms in total. The van der Waals surface area contributed by atoms with Crippen LogP contribution in [0.15, 0.2) is 24.3 Å². The number of carbonyl (C=O) groups is 3. The maximum Gasteiger partial charge on any atom is 0.324 e. The molecule has 0 heterocycles. The highest BCUT2D eigenvalue weighted by atomic mass is 32.2. The van der Waals surface area contributed by atoms with Crippen molar-refractivity contribution in [2.24, 2.45) is 11.3 Å². The Morgan fingerprint density at radius 1 is 1.15 bits per heavy atom. The van der Waals surface area contributed by atoms with Crippen LogP contribution in [0.3, 0.4) is 0 Å². The number of ketones is 1. The van der Waals surface area contributed by atoms with Gasteiger partial charge in [0, 0.05) is 23.2 Å². The molecule has 0 bridgehead atoms. The van der Waals surface area contributed by atoms with E-state index in [4.69, 9.17) is 26.4 Å². The van der Waals surface area contributed by atoms with Crippen molar-refractivity contribution in [3.8, 4) is 0 Å². The van der Waals surface area contributed by atoms with E-state index in [0.717, 1.165) is 26.0 Å². The molecule has 0 aliphatic heterocycles. The average molecular weight is 414 g/mol. The van der Waals surface area contributed by atoms with E-state index in [1.165, 1.54) is 24.3 Å². The van der Waals surface area contributed by atoms with E-state index in [-0.39, 0.29) is 22.2 Å². The number of thioether (sulfide) groups is 1. The lowest BCUT2D eigenvalue weighted by atomic mass is 9.98. The molecule has 1 aromatic carbocycles. The molecular weight excluding hydrogens is 395 g/mol. The largest absolute Gasteiger partial charge is 0.479 e. The lowest BCUT2D eigenvalue weighted by molar-refractivity contribution is -0.161. The van der Waals surface area contributed by atoms with Crippen molar-refractivity contribution in [3.05, 3.63) is 35.6 Å². The Bertz CT molecular complexity index is 733. The van der Waals surface area contributed by atoms with Crippen molar-refractivity contribution < 1.29 is 33.0 Å². The standard InChI is InChI=1S/C18H19FO6S2/c1-4-25-17(26)27-14-12(18(14,15(21)23-2)16(22)24-3)9-13(20)10-5-7-11(19)8-6-10/h5-8,12,14H,4,9H2,1-3H3/t12-,14-/m0/s1. The first kappa shape index (κ1) is 21.3. The Hall–Kier alpha value is -2.00. The number of halogens is 1. The number of ether oxygens (including phenoxy) is 3. The Labute approximate surface area is 165 Å². The summed E-state index contributed by atoms with van der Waals surface area (Å²) in [5, 5.41) is -0.652. The van der Waals surface area contributed by atoms with Gasteiger partial charge in [-0.1, -0.05) is 11.8 Å². The number of carbonyl (C=O) groups excluding carboxylic acids is 3. The first-order chi connectivity index (χ1) is 12.8. The van der Waals surface area contributed by atoms with Gasteiger partial charge in [-0.2, -0.15) is 0 Å². The molecule has 146 valence electrons. The molecule has 1 aliphatic carbocycles. The molecule has 2 rings (SSSR count). The number of hydrogen-bond acceptors (Lipinski definition) is 8. The van der Waals surface area contributed by atoms with Gasteiger partial charge < -0.3 is 14.2 Å². The molecule has 0 N–H and O–H groups in total. The molecule has 2 atom stereocenters. The molecule has 1 fully saturated rings. The van der Waals surface area contributed by atoms with Crippen molar-refractivity contribution in [3.63, 3.8) is 0 Å². The van der Waals surface area contributed by atoms with Gasteiger partial charge in [-0.15, -0.1) is 0 Å². The van der Waals surface area contributed by atoms with Crippen LogP contribution in [0.1, 0.15) is 23.7 Å². The van der Waals surface area contributed by atoms with E-state index in [2.05, 4.69) is 0 Å². The van der Waals surface area contributed by atoms with Crippen LogP contribution < -0.4 is 0 Å². The van der Waals surface area contributed by atoms with Gasteiger partial charge in [0.2, 0.25) is 4.38 Å². The number of thiocarbonyl (C=S) groups is 1. The second-order valence-corrected chi connectivity index (χ2v) is 7.56. The zero-order chi connectivity index (χ0) is 20.2. The third-order valence-electron chi connectivity index (χ3n) is 4.39. The molecule has 0 amide bonds. The van der Waals surface area contributed by atoms with Crippen molar-refractivity contribution in [1.82, 2.24) is 0 Å². The number of esters is 2. The molecule has 0 spiro atoms. The van der Waals surface area contributed by atoms with E-state index in [9.17, 15) is 18.8 Å². The summed E-state index contributed by atoms with van der Waals surface area (Å²) in [5.41, 5.74) is -1.35. The summed E-state index contributed by atoms with van der Waals surface area (Å²) in [4.78, 5) is 37.4. The van der Waals surface area contributed by atoms with Crippen LogP contribution in [0.4, 0.5) is 4.39 Å². The fourth-order valence-corrected chi connectivity index (χ4v) is 4.80. The van der Waals surface area contributed by atoms with Gasteiger partial charge in [-0.3, -0.25) is 14.4 Å². The predicted octanol–water partition coefficient (Wildman–Crippen LogP) is 2.78. The van der Waals surface area contributed by atoms with Gasteiger partial charge in [0.25, 0.3) is 0 Å². The first-order valence-corrected chi connectivity index (χ1v) is 9.40. The summed E-state index contributed by atoms with van der Waals surface area (Å²) in [6, 6.07) is 5.05. The van der Waals surface area contributed by atoms with Gasteiger partial charge in [-0.25, -0.2) is 4.39 Å². The van der Waals surface area contributed by atoms with Crippen LogP contribution in [0.5, 0.6) is 0 Å². The lowest BCUT2D eigenvalue weighted by Crippen LogP contribution is -2.33. The van der Waals surface area contributed by atoms with Crippen LogP contribution in [-0.4, -0.2) is 48.2 Å². The van der Waals surface area contributed by atoms with Gasteiger partial charge >= 0.3 is 11.9 Å². The topological polar surface area (TPSA) is 78.9 Å². The lowest BCUT2D eigenvalue weighted by Gasteiger charge is -2.13. The van der Waals surface area contributed by atoms with Gasteiger partial charge in [0.1, 0.15) is 5.82 Å². The number of rotatable bonds is 7. The van der Waals surface area contributed by atoms with Crippen molar-refractivity contribution in [2.75, 3.05) is 20.8 Å². The van der Waals surface area contributed by atoms with Crippen LogP contribution >= 0.6 is 24.0 Å². The summed E-state index contributed by atoms with van der Waals surface area (Å²) in [7, 11) is 2.32. The van der Waals surface area contributed by atoms with Gasteiger partial charge in [0.05, 0.1) is 20.8 Å². The number of benzene rings is 1. The molecule has 1 saturated carbocycles. The average Bonchev–Trinajstić information content (AvgIpc) is 3.27. The van der Waals surface area contributed by atoms with Gasteiger partial charge in [0.15, 0.2) is 11.2 Å². The van der Waals surface area contributed by atoms with E-state index < -0.39 is 34.3 Å². The number of hydrogen-bond donors (Lipinski definition) is 0. The number of Topliss-reactive ketones (excluding diaryl/α,β-unsaturated/α-hetero) is 1. The van der Waals surface area contributed by atoms with Crippen LogP contribution in [-0.2, 0) is 23.8 Å². The quantitative estimate of drug-likeness (QED) is 0.292. The SMILES string of the molecule is CCOC(=S)S[C@H]1[C@H](CC(=O)c2ccc(F)cc2)C1(C(=O)OC)C(=O)OC. The highest BCUT2D eigenvalue weighted by Crippen LogP contribution is 2.63. The second kappa shape index (κ2) is 8.79. The third-order valence-corrected chi connectivity index (χ3v) is 6.06. The summed E-state index contributed by atoms with van der Waals surface area (Å²) >= 11 is 6.13. The molecule has 27 heavy (non-hydrogen) atoms. The molecule has 0 aromatic heterocycles. The fraction of sp³-hybridized carbons (Fsp3) is 0.444. The van der Waals surface area contributed by atoms with Crippen molar-refractivity contribution >= 4 is 46.1 Å². The Kier molecular flexibility index (Phi) is 6.94. The van der Waals surface area contributed by atoms with Crippen molar-refractivity contribution in [1.29, 1.82) is 0 Å². The maximum absolute atomic E-state index is 13.1. The minimum absolute atomic E-state index is 0.123. The van der Waals surface area contributed by atoms with Crippen LogP contribution in [0.25, 0.3) is 0 Å². The van der Waals surface area contributed by atoms with Crippen LogP contribution in [0, 0.1) is 17.2 Å². The molecule has 1 aliphatic rings. The predicted molar refractivity (Wildman–Crippen MR) is 101 cm³/mol. The Balaban J connectivity index is 2.29. The van der Waals surface area contributed by atoms with Crippen LogP contribution in [0.2, 0.25) is 0 Å². The molecule has 1 aromatic rings. The van der Waals surface area contributed by atoms with E-state index in [0.29, 0.717) is 6.61 Å². The highest BCUT2D eigenvalue weighted by molar-refractivity contribution is 8.23. The summed E-state index contributed by atoms with van der Waals surface area (Å²) in [6.45, 7) is 2.09. The van der Waals surface area contributed by atoms with E-state index >= 15 is 0 Å². The van der Waals surface area contributed by atoms with Gasteiger partial charge in [-0.05, 0) is 43.4 Å². The monoisotopic (exact) mass is 414 g/mol. The zero-order valence-corrected chi connectivity index (χ0v) is 16.7. The first-order valence-electron chi connectivity index (χ1n) is 8.11. The Morgan fingerprint density at radius 2 is 1.70 bits per heavy atom. The fourth-order valence-electron chi connectivity index (χ4n) is 3.03. The minimum Gasteiger partial charge on any atom is -0.479 e. The van der Waals surface area contributed by atoms with E-state index in [1.54, 1.807) is 6.92 Å². The second-order valence-electron chi connectivity index (χ2n) is 5.81.